The lowest BCUT2D eigenvalue weighted by molar-refractivity contribution is -0.308. The Kier molecular flexibility index (Phi) is 13.1. The Morgan fingerprint density at radius 1 is 0.936 bits per heavy atom. The number of ether oxygens (including phenoxy) is 5. The first-order valence-corrected chi connectivity index (χ1v) is 15.9. The lowest BCUT2D eigenvalue weighted by Gasteiger charge is -2.45. The van der Waals surface area contributed by atoms with Crippen molar-refractivity contribution in [2.45, 2.75) is 125 Å². The Labute approximate surface area is 273 Å². The van der Waals surface area contributed by atoms with Crippen LogP contribution in [-0.4, -0.2) is 122 Å². The molecule has 0 saturated carbocycles. The molecule has 0 spiro atoms. The van der Waals surface area contributed by atoms with E-state index in [1.165, 1.54) is 12.2 Å². The van der Waals surface area contributed by atoms with Crippen LogP contribution in [0.15, 0.2) is 60.8 Å². The van der Waals surface area contributed by atoms with Crippen molar-refractivity contribution in [3.05, 3.63) is 60.8 Å². The van der Waals surface area contributed by atoms with E-state index >= 15 is 0 Å². The molecule has 8 N–H and O–H groups in total. The molecule has 47 heavy (non-hydrogen) atoms. The van der Waals surface area contributed by atoms with Gasteiger partial charge in [0.25, 0.3) is 0 Å². The zero-order valence-corrected chi connectivity index (χ0v) is 26.4. The summed E-state index contributed by atoms with van der Waals surface area (Å²) in [6.07, 6.45) is 5.25. The highest BCUT2D eigenvalue weighted by Gasteiger charge is 2.51. The minimum atomic E-state index is -2.10. The number of fused-ring (bicyclic) bond motifs is 3. The van der Waals surface area contributed by atoms with Crippen LogP contribution in [0.5, 0.6) is 0 Å². The van der Waals surface area contributed by atoms with E-state index in [1.54, 1.807) is 56.4 Å². The zero-order chi connectivity index (χ0) is 34.3. The van der Waals surface area contributed by atoms with Crippen molar-refractivity contribution in [1.82, 2.24) is 0 Å². The molecule has 14 nitrogen and oxygen atoms in total. The fraction of sp³-hybridized carbons (Fsp3) is 0.636. The second-order valence-corrected chi connectivity index (χ2v) is 12.6. The predicted molar refractivity (Wildman–Crippen MR) is 165 cm³/mol. The van der Waals surface area contributed by atoms with E-state index in [2.05, 4.69) is 0 Å². The molecule has 0 aromatic heterocycles. The van der Waals surface area contributed by atoms with Gasteiger partial charge in [-0.2, -0.15) is 0 Å². The highest BCUT2D eigenvalue weighted by atomic mass is 16.7. The Bertz CT molecular complexity index is 1220. The van der Waals surface area contributed by atoms with Crippen LogP contribution in [-0.2, 0) is 33.3 Å². The molecule has 14 heteroatoms. The minimum Gasteiger partial charge on any atom is -0.481 e. The number of hydrogen-bond acceptors (Lipinski definition) is 13. The number of carbonyl (C=O) groups is 2. The standard InChI is InChI=1S/C33H47NO13/c1-18-10-8-6-4-3-5-7-9-11-21(45-32-30(39)28(34)29(38)19(2)44-32)15-25-27(31(40)41)22(36)17-33(42,47-25)16-20(35)14-24-23(46-24)12-13-26(37)43-18/h3-9,11-13,18-25,27-30,32,35-36,38-39,42H,10,14-17,34H2,1-2H3,(H,40,41)/b4-3+,7-5+,8-6+,11-9+,13-12+/t18-,19?,20?,21+,22?,23?,24+,25?,27?,28?,29-,30?,32?,33-/m1/s1. The number of allylic oxidation sites excluding steroid dienone is 6. The van der Waals surface area contributed by atoms with E-state index in [0.29, 0.717) is 6.42 Å². The highest BCUT2D eigenvalue weighted by Crippen LogP contribution is 2.39. The van der Waals surface area contributed by atoms with Crippen LogP contribution in [0.1, 0.15) is 46.0 Å². The lowest BCUT2D eigenvalue weighted by atomic mass is 9.83. The second-order valence-electron chi connectivity index (χ2n) is 12.6. The van der Waals surface area contributed by atoms with Crippen LogP contribution >= 0.6 is 0 Å². The number of cyclic esters (lactones) is 1. The summed E-state index contributed by atoms with van der Waals surface area (Å²) >= 11 is 0. The number of aliphatic carboxylic acids is 1. The number of nitrogens with two attached hydrogens (primary N) is 1. The second kappa shape index (κ2) is 16.6. The third kappa shape index (κ3) is 10.6. The molecule has 2 bridgehead atoms. The highest BCUT2D eigenvalue weighted by molar-refractivity contribution is 5.82. The molecule has 0 radical (unpaired) electrons. The number of aliphatic hydroxyl groups is 5. The van der Waals surface area contributed by atoms with Gasteiger partial charge in [-0.3, -0.25) is 4.79 Å². The van der Waals surface area contributed by atoms with E-state index in [0.717, 1.165) is 0 Å². The number of esters is 1. The van der Waals surface area contributed by atoms with Crippen molar-refractivity contribution in [3.63, 3.8) is 0 Å². The molecule has 0 aromatic carbocycles. The SMILES string of the molecule is CC1OC(O[C@H]2/C=C/C=C/C=C/C=C/C[C@@H](C)OC(=O)/C=C/C3O[C@H]3CC(O)C[C@]3(O)CC(O)C(C(=O)O)C(C2)O3)C(O)C(N)[C@@H]1O. The molecule has 4 aliphatic rings. The maximum atomic E-state index is 12.3. The first-order chi connectivity index (χ1) is 22.3. The monoisotopic (exact) mass is 665 g/mol. The molecule has 0 amide bonds. The van der Waals surface area contributed by atoms with E-state index in [-0.39, 0.29) is 25.4 Å². The number of rotatable bonds is 3. The van der Waals surface area contributed by atoms with Gasteiger partial charge in [0.05, 0.1) is 48.8 Å². The summed E-state index contributed by atoms with van der Waals surface area (Å²) in [5.74, 6) is -5.45. The smallest absolute Gasteiger partial charge is 0.330 e. The third-order valence-corrected chi connectivity index (χ3v) is 8.58. The molecule has 0 aromatic rings. The number of carboxylic acid groups (broad SMARTS) is 1. The summed E-state index contributed by atoms with van der Waals surface area (Å²) in [5, 5.41) is 63.9. The van der Waals surface area contributed by atoms with Crippen molar-refractivity contribution in [2.75, 3.05) is 0 Å². The van der Waals surface area contributed by atoms with Crippen molar-refractivity contribution >= 4 is 11.9 Å². The summed E-state index contributed by atoms with van der Waals surface area (Å²) in [4.78, 5) is 24.4. The van der Waals surface area contributed by atoms with Crippen LogP contribution in [0.3, 0.4) is 0 Å². The van der Waals surface area contributed by atoms with Crippen LogP contribution in [0.2, 0.25) is 0 Å². The summed E-state index contributed by atoms with van der Waals surface area (Å²) in [6, 6.07) is -1.08. The summed E-state index contributed by atoms with van der Waals surface area (Å²) in [6.45, 7) is 3.34. The molecule has 4 aliphatic heterocycles. The Hall–Kier alpha value is -2.76. The van der Waals surface area contributed by atoms with E-state index in [9.17, 15) is 40.2 Å². The molecule has 3 saturated heterocycles. The average Bonchev–Trinajstić information content (AvgIpc) is 3.72. The third-order valence-electron chi connectivity index (χ3n) is 8.58. The van der Waals surface area contributed by atoms with Crippen LogP contribution in [0.4, 0.5) is 0 Å². The van der Waals surface area contributed by atoms with Gasteiger partial charge in [-0.15, -0.1) is 0 Å². The largest absolute Gasteiger partial charge is 0.481 e. The average molecular weight is 666 g/mol. The van der Waals surface area contributed by atoms with E-state index < -0.39 is 97.3 Å². The summed E-state index contributed by atoms with van der Waals surface area (Å²) in [5.41, 5.74) is 5.98. The fourth-order valence-electron chi connectivity index (χ4n) is 6.00. The molecule has 4 rings (SSSR count). The topological polar surface area (TPSA) is 231 Å². The van der Waals surface area contributed by atoms with Gasteiger partial charge in [-0.25, -0.2) is 4.79 Å². The van der Waals surface area contributed by atoms with Gasteiger partial charge in [-0.05, 0) is 19.9 Å². The molecule has 14 atom stereocenters. The number of hydrogen-bond donors (Lipinski definition) is 7. The number of aliphatic hydroxyl groups excluding tert-OH is 4. The van der Waals surface area contributed by atoms with Crippen molar-refractivity contribution < 1.29 is 63.9 Å². The van der Waals surface area contributed by atoms with Crippen molar-refractivity contribution in [3.8, 4) is 0 Å². The number of epoxide rings is 1. The Balaban J connectivity index is 1.58. The van der Waals surface area contributed by atoms with Crippen molar-refractivity contribution in [1.29, 1.82) is 0 Å². The Morgan fingerprint density at radius 2 is 1.64 bits per heavy atom. The summed E-state index contributed by atoms with van der Waals surface area (Å²) in [7, 11) is 0. The molecule has 4 heterocycles. The predicted octanol–water partition coefficient (Wildman–Crippen LogP) is 0.120. The van der Waals surface area contributed by atoms with Crippen LogP contribution in [0, 0.1) is 5.92 Å². The van der Waals surface area contributed by atoms with Gasteiger partial charge in [0.1, 0.15) is 24.2 Å². The minimum absolute atomic E-state index is 0.0789. The lowest BCUT2D eigenvalue weighted by Crippen LogP contribution is -2.61. The zero-order valence-electron chi connectivity index (χ0n) is 26.4. The van der Waals surface area contributed by atoms with Crippen LogP contribution < -0.4 is 5.73 Å². The first kappa shape index (κ1) is 37.1. The van der Waals surface area contributed by atoms with Gasteiger partial charge < -0.3 is 60.1 Å². The normalized spacial score (nSPS) is 47.2. The van der Waals surface area contributed by atoms with E-state index in [4.69, 9.17) is 29.4 Å². The summed E-state index contributed by atoms with van der Waals surface area (Å²) < 4.78 is 28.5. The number of carboxylic acids is 1. The van der Waals surface area contributed by atoms with Gasteiger partial charge in [0.2, 0.25) is 0 Å². The number of carbonyl (C=O) groups excluding carboxylic acids is 1. The Morgan fingerprint density at radius 3 is 2.36 bits per heavy atom. The maximum Gasteiger partial charge on any atom is 0.330 e. The molecule has 262 valence electrons. The van der Waals surface area contributed by atoms with E-state index in [1.807, 2.05) is 6.08 Å². The first-order valence-electron chi connectivity index (χ1n) is 15.9. The van der Waals surface area contributed by atoms with Crippen molar-refractivity contribution in [2.24, 2.45) is 11.7 Å². The van der Waals surface area contributed by atoms with Gasteiger partial charge >= 0.3 is 11.9 Å². The molecule has 0 aliphatic carbocycles. The van der Waals surface area contributed by atoms with Gasteiger partial charge in [-0.1, -0.05) is 48.6 Å². The quantitative estimate of drug-likeness (QED) is 0.157. The van der Waals surface area contributed by atoms with Gasteiger partial charge in [0.15, 0.2) is 12.1 Å². The fourth-order valence-corrected chi connectivity index (χ4v) is 6.00. The maximum absolute atomic E-state index is 12.3. The van der Waals surface area contributed by atoms with Crippen LogP contribution in [0.25, 0.3) is 0 Å². The molecule has 9 unspecified atom stereocenters. The van der Waals surface area contributed by atoms with Gasteiger partial charge in [0, 0.05) is 38.2 Å². The molecular formula is C33H47NO13. The molecular weight excluding hydrogens is 618 g/mol. The molecule has 3 fully saturated rings.